The standard InChI is InChI=1S/C13H21N3S/c1-9(7-14)8-16(4)12(11(3)15)13-10(2)5-6-17-13/h5-6,9,11-12H,8,15H2,1-4H3. The molecular formula is C13H21N3S. The monoisotopic (exact) mass is 251 g/mol. The minimum atomic E-state index is 0.0292. The molecule has 17 heavy (non-hydrogen) atoms. The fraction of sp³-hybridized carbons (Fsp3) is 0.615. The summed E-state index contributed by atoms with van der Waals surface area (Å²) in [6.07, 6.45) is 0. The van der Waals surface area contributed by atoms with Crippen molar-refractivity contribution in [2.24, 2.45) is 11.7 Å². The van der Waals surface area contributed by atoms with Gasteiger partial charge >= 0.3 is 0 Å². The maximum absolute atomic E-state index is 8.88. The van der Waals surface area contributed by atoms with Crippen molar-refractivity contribution >= 4 is 11.3 Å². The molecule has 4 heteroatoms. The van der Waals surface area contributed by atoms with Crippen molar-refractivity contribution in [2.45, 2.75) is 32.9 Å². The predicted octanol–water partition coefficient (Wildman–Crippen LogP) is 2.54. The minimum absolute atomic E-state index is 0.0292. The molecule has 0 spiro atoms. The van der Waals surface area contributed by atoms with Crippen molar-refractivity contribution in [3.63, 3.8) is 0 Å². The highest BCUT2D eigenvalue weighted by Crippen LogP contribution is 2.30. The summed E-state index contributed by atoms with van der Waals surface area (Å²) in [6.45, 7) is 6.83. The molecule has 94 valence electrons. The van der Waals surface area contributed by atoms with Gasteiger partial charge in [0.05, 0.1) is 18.0 Å². The van der Waals surface area contributed by atoms with Crippen LogP contribution >= 0.6 is 11.3 Å². The van der Waals surface area contributed by atoms with Crippen LogP contribution in [0.15, 0.2) is 11.4 Å². The van der Waals surface area contributed by atoms with Gasteiger partial charge in [-0.25, -0.2) is 0 Å². The number of rotatable bonds is 5. The first kappa shape index (κ1) is 14.2. The smallest absolute Gasteiger partial charge is 0.0666 e. The normalized spacial score (nSPS) is 16.5. The predicted molar refractivity (Wildman–Crippen MR) is 72.9 cm³/mol. The average Bonchev–Trinajstić information content (AvgIpc) is 2.64. The van der Waals surface area contributed by atoms with E-state index in [-0.39, 0.29) is 18.0 Å². The van der Waals surface area contributed by atoms with Crippen LogP contribution in [0.2, 0.25) is 0 Å². The Morgan fingerprint density at radius 2 is 2.18 bits per heavy atom. The van der Waals surface area contributed by atoms with Crippen molar-refractivity contribution in [1.29, 1.82) is 5.26 Å². The molecule has 0 amide bonds. The fourth-order valence-corrected chi connectivity index (χ4v) is 3.32. The Morgan fingerprint density at radius 1 is 1.53 bits per heavy atom. The van der Waals surface area contributed by atoms with E-state index in [1.807, 2.05) is 20.9 Å². The topological polar surface area (TPSA) is 53.0 Å². The third-order valence-corrected chi connectivity index (χ3v) is 4.02. The number of nitrogens with zero attached hydrogens (tertiary/aromatic N) is 2. The van der Waals surface area contributed by atoms with Crippen LogP contribution < -0.4 is 5.73 Å². The first-order valence-corrected chi connectivity index (χ1v) is 6.74. The Kier molecular flexibility index (Phi) is 5.13. The molecule has 1 aromatic rings. The van der Waals surface area contributed by atoms with Gasteiger partial charge in [-0.3, -0.25) is 4.90 Å². The van der Waals surface area contributed by atoms with Gasteiger partial charge in [0.2, 0.25) is 0 Å². The van der Waals surface area contributed by atoms with Gasteiger partial charge in [-0.1, -0.05) is 0 Å². The van der Waals surface area contributed by atoms with E-state index < -0.39 is 0 Å². The van der Waals surface area contributed by atoms with Crippen molar-refractivity contribution in [3.05, 3.63) is 21.9 Å². The number of nitriles is 1. The van der Waals surface area contributed by atoms with Gasteiger partial charge < -0.3 is 5.73 Å². The van der Waals surface area contributed by atoms with Gasteiger partial charge in [-0.15, -0.1) is 11.3 Å². The Morgan fingerprint density at radius 3 is 2.59 bits per heavy atom. The first-order chi connectivity index (χ1) is 7.97. The van der Waals surface area contributed by atoms with E-state index in [0.29, 0.717) is 0 Å². The number of thiophene rings is 1. The molecule has 1 aromatic heterocycles. The van der Waals surface area contributed by atoms with E-state index >= 15 is 0 Å². The van der Waals surface area contributed by atoms with Gasteiger partial charge in [0.25, 0.3) is 0 Å². The molecular weight excluding hydrogens is 230 g/mol. The lowest BCUT2D eigenvalue weighted by atomic mass is 10.0. The second-order valence-corrected chi connectivity index (χ2v) is 5.69. The van der Waals surface area contributed by atoms with E-state index in [9.17, 15) is 0 Å². The maximum Gasteiger partial charge on any atom is 0.0666 e. The van der Waals surface area contributed by atoms with Crippen LogP contribution in [-0.2, 0) is 0 Å². The average molecular weight is 251 g/mol. The number of nitrogens with two attached hydrogens (primary N) is 1. The molecule has 0 saturated heterocycles. The Hall–Kier alpha value is -0.890. The summed E-state index contributed by atoms with van der Waals surface area (Å²) >= 11 is 1.74. The maximum atomic E-state index is 8.88. The molecule has 0 saturated carbocycles. The van der Waals surface area contributed by atoms with Crippen LogP contribution in [0.4, 0.5) is 0 Å². The summed E-state index contributed by atoms with van der Waals surface area (Å²) in [4.78, 5) is 3.50. The van der Waals surface area contributed by atoms with Crippen molar-refractivity contribution in [1.82, 2.24) is 4.90 Å². The highest BCUT2D eigenvalue weighted by molar-refractivity contribution is 7.10. The molecule has 3 unspecified atom stereocenters. The zero-order valence-electron chi connectivity index (χ0n) is 11.0. The Balaban J connectivity index is 2.88. The molecule has 0 aromatic carbocycles. The molecule has 0 aliphatic rings. The van der Waals surface area contributed by atoms with Crippen LogP contribution in [0.25, 0.3) is 0 Å². The van der Waals surface area contributed by atoms with Gasteiger partial charge in [0.1, 0.15) is 0 Å². The van der Waals surface area contributed by atoms with Crippen molar-refractivity contribution in [3.8, 4) is 6.07 Å². The van der Waals surface area contributed by atoms with Gasteiger partial charge in [0.15, 0.2) is 0 Å². The molecule has 3 nitrogen and oxygen atoms in total. The largest absolute Gasteiger partial charge is 0.326 e. The summed E-state index contributed by atoms with van der Waals surface area (Å²) in [5.41, 5.74) is 7.38. The van der Waals surface area contributed by atoms with E-state index in [4.69, 9.17) is 11.0 Å². The van der Waals surface area contributed by atoms with E-state index in [2.05, 4.69) is 29.3 Å². The van der Waals surface area contributed by atoms with Crippen LogP contribution in [0.1, 0.15) is 30.3 Å². The second-order valence-electron chi connectivity index (χ2n) is 4.74. The zero-order chi connectivity index (χ0) is 13.0. The van der Waals surface area contributed by atoms with Crippen molar-refractivity contribution in [2.75, 3.05) is 13.6 Å². The molecule has 0 radical (unpaired) electrons. The number of hydrogen-bond donors (Lipinski definition) is 1. The Bertz CT molecular complexity index is 392. The van der Waals surface area contributed by atoms with Gasteiger partial charge in [-0.2, -0.15) is 5.26 Å². The van der Waals surface area contributed by atoms with Gasteiger partial charge in [0, 0.05) is 17.5 Å². The number of aryl methyl sites for hydroxylation is 1. The third kappa shape index (κ3) is 3.53. The SMILES string of the molecule is Cc1ccsc1C(C(C)N)N(C)CC(C)C#N. The van der Waals surface area contributed by atoms with E-state index in [0.717, 1.165) is 6.54 Å². The highest BCUT2D eigenvalue weighted by Gasteiger charge is 2.24. The summed E-state index contributed by atoms with van der Waals surface area (Å²) < 4.78 is 0. The van der Waals surface area contributed by atoms with Crippen molar-refractivity contribution < 1.29 is 0 Å². The lowest BCUT2D eigenvalue weighted by molar-refractivity contribution is 0.208. The molecule has 2 N–H and O–H groups in total. The van der Waals surface area contributed by atoms with Crippen LogP contribution in [0.3, 0.4) is 0 Å². The number of likely N-dealkylation sites (N-methyl/N-ethyl adjacent to an activating group) is 1. The summed E-state index contributed by atoms with van der Waals surface area (Å²) in [5.74, 6) is 0.0292. The van der Waals surface area contributed by atoms with Gasteiger partial charge in [-0.05, 0) is 44.8 Å². The molecule has 1 heterocycles. The molecule has 1 rings (SSSR count). The lowest BCUT2D eigenvalue weighted by Gasteiger charge is -2.31. The van der Waals surface area contributed by atoms with Crippen LogP contribution in [0.5, 0.6) is 0 Å². The molecule has 0 aliphatic carbocycles. The Labute approximate surface area is 108 Å². The summed E-state index contributed by atoms with van der Waals surface area (Å²) in [5, 5.41) is 11.0. The number of hydrogen-bond acceptors (Lipinski definition) is 4. The fourth-order valence-electron chi connectivity index (χ4n) is 2.11. The van der Waals surface area contributed by atoms with Crippen LogP contribution in [-0.4, -0.2) is 24.5 Å². The molecule has 0 bridgehead atoms. The second kappa shape index (κ2) is 6.15. The van der Waals surface area contributed by atoms with E-state index in [1.165, 1.54) is 10.4 Å². The molecule has 0 fully saturated rings. The highest BCUT2D eigenvalue weighted by atomic mass is 32.1. The molecule has 0 aliphatic heterocycles. The third-order valence-electron chi connectivity index (χ3n) is 2.93. The quantitative estimate of drug-likeness (QED) is 0.875. The summed E-state index contributed by atoms with van der Waals surface area (Å²) in [6, 6.07) is 4.65. The van der Waals surface area contributed by atoms with E-state index in [1.54, 1.807) is 11.3 Å². The summed E-state index contributed by atoms with van der Waals surface area (Å²) in [7, 11) is 2.04. The van der Waals surface area contributed by atoms with Crippen LogP contribution in [0, 0.1) is 24.2 Å². The zero-order valence-corrected chi connectivity index (χ0v) is 11.8. The molecule has 3 atom stereocenters. The first-order valence-electron chi connectivity index (χ1n) is 5.86. The minimum Gasteiger partial charge on any atom is -0.326 e. The lowest BCUT2D eigenvalue weighted by Crippen LogP contribution is -2.39.